The molecular formula is C72H120O6. The van der Waals surface area contributed by atoms with Crippen molar-refractivity contribution in [2.75, 3.05) is 13.2 Å². The number of unbranched alkanes of at least 4 members (excludes halogenated alkanes) is 27. The predicted octanol–water partition coefficient (Wildman–Crippen LogP) is 22.4. The van der Waals surface area contributed by atoms with Gasteiger partial charge in [0.05, 0.1) is 0 Å². The summed E-state index contributed by atoms with van der Waals surface area (Å²) in [5.41, 5.74) is 0. The maximum Gasteiger partial charge on any atom is 0.306 e. The van der Waals surface area contributed by atoms with Gasteiger partial charge in [0.1, 0.15) is 13.2 Å². The van der Waals surface area contributed by atoms with Gasteiger partial charge in [-0.15, -0.1) is 0 Å². The molecule has 0 amide bonds. The zero-order valence-electron chi connectivity index (χ0n) is 50.9. The standard InChI is InChI=1S/C72H120O6/c1-4-7-10-13-15-17-19-21-23-25-27-29-31-32-33-34-35-36-37-38-39-40-41-43-44-46-48-50-52-54-56-59-62-65-71(74)77-68-69(67-76-70(73)64-61-58-12-9-6-3)78-72(75)66-63-60-57-55-53-51-49-47-45-42-30-28-26-24-22-20-18-16-14-11-8-5-2/h7,10,15,17,21,23,27,29,32-33,35-36,38-39,41,43,46,48,52,54,69H,4-6,8-9,11-14,16,18-20,22,24-26,28,30-31,34,37,40,42,44-45,47,49-51,53,55-68H2,1-3H3/b10-7-,17-15-,23-21-,29-27-,33-32-,36-35-,39-38-,43-41-,48-46-,54-52-. The van der Waals surface area contributed by atoms with Crippen LogP contribution in [0.4, 0.5) is 0 Å². The van der Waals surface area contributed by atoms with Gasteiger partial charge in [-0.05, 0) is 96.3 Å². The molecule has 1 unspecified atom stereocenters. The molecule has 0 spiro atoms. The Balaban J connectivity index is 4.14. The van der Waals surface area contributed by atoms with E-state index in [1.165, 1.54) is 122 Å². The van der Waals surface area contributed by atoms with E-state index in [-0.39, 0.29) is 31.1 Å². The van der Waals surface area contributed by atoms with Crippen LogP contribution in [0.1, 0.15) is 297 Å². The molecule has 0 saturated carbocycles. The number of hydrogen-bond acceptors (Lipinski definition) is 6. The van der Waals surface area contributed by atoms with Gasteiger partial charge in [0, 0.05) is 19.3 Å². The topological polar surface area (TPSA) is 78.9 Å². The second kappa shape index (κ2) is 65.3. The Morgan fingerprint density at radius 2 is 0.500 bits per heavy atom. The molecule has 0 rings (SSSR count). The summed E-state index contributed by atoms with van der Waals surface area (Å²) in [5.74, 6) is -0.946. The lowest BCUT2D eigenvalue weighted by Gasteiger charge is -2.18. The van der Waals surface area contributed by atoms with E-state index in [0.717, 1.165) is 135 Å². The molecule has 0 aliphatic heterocycles. The largest absolute Gasteiger partial charge is 0.462 e. The summed E-state index contributed by atoms with van der Waals surface area (Å²) in [6.07, 6.45) is 91.2. The van der Waals surface area contributed by atoms with Crippen LogP contribution in [0.2, 0.25) is 0 Å². The van der Waals surface area contributed by atoms with Gasteiger partial charge < -0.3 is 14.2 Å². The van der Waals surface area contributed by atoms with Crippen LogP contribution in [0.25, 0.3) is 0 Å². The van der Waals surface area contributed by atoms with E-state index in [1.807, 2.05) is 0 Å². The van der Waals surface area contributed by atoms with E-state index in [9.17, 15) is 14.4 Å². The lowest BCUT2D eigenvalue weighted by atomic mass is 10.0. The Morgan fingerprint density at radius 1 is 0.269 bits per heavy atom. The maximum absolute atomic E-state index is 12.8. The minimum Gasteiger partial charge on any atom is -0.462 e. The number of esters is 3. The predicted molar refractivity (Wildman–Crippen MR) is 339 cm³/mol. The van der Waals surface area contributed by atoms with Crippen LogP contribution in [-0.4, -0.2) is 37.2 Å². The zero-order valence-corrected chi connectivity index (χ0v) is 50.9. The maximum atomic E-state index is 12.8. The summed E-state index contributed by atoms with van der Waals surface area (Å²) < 4.78 is 16.7. The smallest absolute Gasteiger partial charge is 0.306 e. The lowest BCUT2D eigenvalue weighted by molar-refractivity contribution is -0.167. The number of carbonyl (C=O) groups is 3. The van der Waals surface area contributed by atoms with Crippen molar-refractivity contribution in [3.63, 3.8) is 0 Å². The summed E-state index contributed by atoms with van der Waals surface area (Å²) in [4.78, 5) is 37.9. The molecule has 0 aromatic rings. The molecule has 444 valence electrons. The van der Waals surface area contributed by atoms with Crippen molar-refractivity contribution in [2.24, 2.45) is 0 Å². The normalized spacial score (nSPS) is 12.9. The van der Waals surface area contributed by atoms with Crippen LogP contribution in [0.5, 0.6) is 0 Å². The molecule has 78 heavy (non-hydrogen) atoms. The van der Waals surface area contributed by atoms with E-state index >= 15 is 0 Å². The molecule has 0 heterocycles. The summed E-state index contributed by atoms with van der Waals surface area (Å²) in [6, 6.07) is 0. The molecule has 0 bridgehead atoms. The van der Waals surface area contributed by atoms with Crippen molar-refractivity contribution >= 4 is 17.9 Å². The highest BCUT2D eigenvalue weighted by Crippen LogP contribution is 2.17. The quantitative estimate of drug-likeness (QED) is 0.0261. The van der Waals surface area contributed by atoms with Crippen LogP contribution < -0.4 is 0 Å². The van der Waals surface area contributed by atoms with E-state index in [0.29, 0.717) is 19.3 Å². The summed E-state index contributed by atoms with van der Waals surface area (Å²) in [6.45, 7) is 6.43. The van der Waals surface area contributed by atoms with Crippen LogP contribution in [0.3, 0.4) is 0 Å². The minimum atomic E-state index is -0.793. The third kappa shape index (κ3) is 62.7. The first kappa shape index (κ1) is 73.8. The first-order chi connectivity index (χ1) is 38.5. The Hall–Kier alpha value is -4.19. The molecule has 0 N–H and O–H groups in total. The van der Waals surface area contributed by atoms with Crippen molar-refractivity contribution in [1.82, 2.24) is 0 Å². The molecule has 1 atom stereocenters. The summed E-state index contributed by atoms with van der Waals surface area (Å²) in [5, 5.41) is 0. The van der Waals surface area contributed by atoms with Crippen molar-refractivity contribution in [3.05, 3.63) is 122 Å². The van der Waals surface area contributed by atoms with Gasteiger partial charge in [0.15, 0.2) is 6.10 Å². The molecule has 6 heteroatoms. The van der Waals surface area contributed by atoms with Gasteiger partial charge in [-0.25, -0.2) is 0 Å². The number of carbonyl (C=O) groups excluding carboxylic acids is 3. The highest BCUT2D eigenvalue weighted by molar-refractivity contribution is 5.71. The first-order valence-electron chi connectivity index (χ1n) is 32.5. The number of rotatable bonds is 58. The van der Waals surface area contributed by atoms with Crippen molar-refractivity contribution < 1.29 is 28.6 Å². The monoisotopic (exact) mass is 1080 g/mol. The Morgan fingerprint density at radius 3 is 0.782 bits per heavy atom. The van der Waals surface area contributed by atoms with Crippen LogP contribution >= 0.6 is 0 Å². The van der Waals surface area contributed by atoms with Crippen LogP contribution in [-0.2, 0) is 28.6 Å². The zero-order chi connectivity index (χ0) is 56.4. The molecule has 0 aliphatic carbocycles. The van der Waals surface area contributed by atoms with Gasteiger partial charge in [0.2, 0.25) is 0 Å². The molecule has 0 aromatic carbocycles. The molecule has 0 aliphatic rings. The van der Waals surface area contributed by atoms with Gasteiger partial charge in [-0.3, -0.25) is 14.4 Å². The molecule has 0 aromatic heterocycles. The van der Waals surface area contributed by atoms with Gasteiger partial charge >= 0.3 is 17.9 Å². The van der Waals surface area contributed by atoms with Crippen molar-refractivity contribution in [3.8, 4) is 0 Å². The molecule has 0 saturated heterocycles. The number of ether oxygens (including phenoxy) is 3. The summed E-state index contributed by atoms with van der Waals surface area (Å²) in [7, 11) is 0. The van der Waals surface area contributed by atoms with Gasteiger partial charge in [-0.1, -0.05) is 303 Å². The van der Waals surface area contributed by atoms with Gasteiger partial charge in [0.25, 0.3) is 0 Å². The minimum absolute atomic E-state index is 0.0919. The second-order valence-corrected chi connectivity index (χ2v) is 21.3. The third-order valence-corrected chi connectivity index (χ3v) is 13.7. The highest BCUT2D eigenvalue weighted by Gasteiger charge is 2.19. The Bertz CT molecular complexity index is 1620. The van der Waals surface area contributed by atoms with Crippen molar-refractivity contribution in [2.45, 2.75) is 303 Å². The van der Waals surface area contributed by atoms with Crippen LogP contribution in [0, 0.1) is 0 Å². The van der Waals surface area contributed by atoms with E-state index < -0.39 is 6.10 Å². The van der Waals surface area contributed by atoms with E-state index in [1.54, 1.807) is 0 Å². The Labute approximate surface area is 482 Å². The Kier molecular flexibility index (Phi) is 61.8. The molecule has 0 fully saturated rings. The van der Waals surface area contributed by atoms with Crippen LogP contribution in [0.15, 0.2) is 122 Å². The summed E-state index contributed by atoms with van der Waals surface area (Å²) >= 11 is 0. The fourth-order valence-corrected chi connectivity index (χ4v) is 8.88. The van der Waals surface area contributed by atoms with E-state index in [2.05, 4.69) is 142 Å². The lowest BCUT2D eigenvalue weighted by Crippen LogP contribution is -2.30. The van der Waals surface area contributed by atoms with Crippen molar-refractivity contribution in [1.29, 1.82) is 0 Å². The fourth-order valence-electron chi connectivity index (χ4n) is 8.88. The molecular weight excluding hydrogens is 961 g/mol. The number of allylic oxidation sites excluding steroid dienone is 20. The average molecular weight is 1080 g/mol. The van der Waals surface area contributed by atoms with Gasteiger partial charge in [-0.2, -0.15) is 0 Å². The van der Waals surface area contributed by atoms with E-state index in [4.69, 9.17) is 14.2 Å². The molecule has 0 radical (unpaired) electrons. The number of hydrogen-bond donors (Lipinski definition) is 0. The fraction of sp³-hybridized carbons (Fsp3) is 0.681. The highest BCUT2D eigenvalue weighted by atomic mass is 16.6. The average Bonchev–Trinajstić information content (AvgIpc) is 3.44. The SMILES string of the molecule is CC/C=C\C/C=C\C/C=C\C/C=C\C/C=C\C/C=C\C/C=C\C/C=C\C/C=C\C/C=C\CCCCC(=O)OCC(COC(=O)CCCCCCC)OC(=O)CCCCCCCCCCCCCCCCCCCCCCCC. The first-order valence-corrected chi connectivity index (χ1v) is 32.5. The third-order valence-electron chi connectivity index (χ3n) is 13.7. The second-order valence-electron chi connectivity index (χ2n) is 21.3. The molecule has 6 nitrogen and oxygen atoms in total.